The summed E-state index contributed by atoms with van der Waals surface area (Å²) in [6.45, 7) is 6.22. The molecule has 0 aromatic rings. The fourth-order valence-corrected chi connectivity index (χ4v) is 1.46. The SMILES string of the molecule is CSCC[C@@H](C=O)NC(C)(C)C. The van der Waals surface area contributed by atoms with Crippen LogP contribution in [-0.2, 0) is 4.79 Å². The average Bonchev–Trinajstić information content (AvgIpc) is 1.95. The third kappa shape index (κ3) is 6.68. The first-order valence-corrected chi connectivity index (χ1v) is 5.61. The Morgan fingerprint density at radius 2 is 2.08 bits per heavy atom. The standard InChI is InChI=1S/C9H19NOS/c1-9(2,3)10-8(7-11)5-6-12-4/h7-8,10H,5-6H2,1-4H3/t8-/m0/s1. The average molecular weight is 189 g/mol. The van der Waals surface area contributed by atoms with Crippen molar-refractivity contribution in [1.29, 1.82) is 0 Å². The van der Waals surface area contributed by atoms with Crippen LogP contribution < -0.4 is 5.32 Å². The van der Waals surface area contributed by atoms with E-state index in [9.17, 15) is 4.79 Å². The van der Waals surface area contributed by atoms with Crippen LogP contribution in [0.4, 0.5) is 0 Å². The number of nitrogens with one attached hydrogen (secondary N) is 1. The Kier molecular flexibility index (Phi) is 5.59. The zero-order chi connectivity index (χ0) is 9.61. The van der Waals surface area contributed by atoms with Gasteiger partial charge in [-0.3, -0.25) is 0 Å². The number of carbonyl (C=O) groups excluding carboxylic acids is 1. The molecule has 3 heteroatoms. The zero-order valence-electron chi connectivity index (χ0n) is 8.39. The fraction of sp³-hybridized carbons (Fsp3) is 0.889. The highest BCUT2D eigenvalue weighted by Gasteiger charge is 2.15. The molecule has 0 unspecified atom stereocenters. The molecule has 0 saturated heterocycles. The van der Waals surface area contributed by atoms with Crippen molar-refractivity contribution in [3.8, 4) is 0 Å². The molecule has 72 valence electrons. The molecule has 0 bridgehead atoms. The van der Waals surface area contributed by atoms with E-state index in [1.807, 2.05) is 0 Å². The van der Waals surface area contributed by atoms with Crippen LogP contribution in [-0.4, -0.2) is 29.9 Å². The first-order valence-electron chi connectivity index (χ1n) is 4.21. The fourth-order valence-electron chi connectivity index (χ4n) is 0.975. The maximum atomic E-state index is 10.6. The van der Waals surface area contributed by atoms with Gasteiger partial charge in [-0.1, -0.05) is 0 Å². The molecule has 0 rings (SSSR count). The van der Waals surface area contributed by atoms with Crippen molar-refractivity contribution in [3.05, 3.63) is 0 Å². The van der Waals surface area contributed by atoms with Crippen LogP contribution in [0.15, 0.2) is 0 Å². The third-order valence-electron chi connectivity index (χ3n) is 1.42. The summed E-state index contributed by atoms with van der Waals surface area (Å²) in [5, 5.41) is 3.26. The Balaban J connectivity index is 3.75. The molecule has 0 radical (unpaired) electrons. The van der Waals surface area contributed by atoms with Gasteiger partial charge in [0.25, 0.3) is 0 Å². The predicted molar refractivity (Wildman–Crippen MR) is 55.7 cm³/mol. The van der Waals surface area contributed by atoms with Gasteiger partial charge in [0.15, 0.2) is 0 Å². The van der Waals surface area contributed by atoms with E-state index in [2.05, 4.69) is 32.3 Å². The topological polar surface area (TPSA) is 29.1 Å². The quantitative estimate of drug-likeness (QED) is 0.667. The maximum Gasteiger partial charge on any atom is 0.136 e. The number of thioether (sulfide) groups is 1. The van der Waals surface area contributed by atoms with Gasteiger partial charge in [0, 0.05) is 5.54 Å². The van der Waals surface area contributed by atoms with Gasteiger partial charge >= 0.3 is 0 Å². The third-order valence-corrected chi connectivity index (χ3v) is 2.06. The van der Waals surface area contributed by atoms with Gasteiger partial charge in [-0.05, 0) is 39.2 Å². The second kappa shape index (κ2) is 5.60. The molecule has 0 amide bonds. The molecule has 0 aliphatic heterocycles. The van der Waals surface area contributed by atoms with Crippen LogP contribution in [0.2, 0.25) is 0 Å². The Morgan fingerprint density at radius 1 is 1.50 bits per heavy atom. The highest BCUT2D eigenvalue weighted by atomic mass is 32.2. The smallest absolute Gasteiger partial charge is 0.136 e. The minimum atomic E-state index is 0.0115. The van der Waals surface area contributed by atoms with Crippen molar-refractivity contribution in [2.24, 2.45) is 0 Å². The summed E-state index contributed by atoms with van der Waals surface area (Å²) < 4.78 is 0. The van der Waals surface area contributed by atoms with E-state index in [1.165, 1.54) is 0 Å². The molecule has 1 atom stereocenters. The van der Waals surface area contributed by atoms with Crippen LogP contribution in [0, 0.1) is 0 Å². The molecule has 0 aliphatic carbocycles. The number of carbonyl (C=O) groups is 1. The molecule has 0 saturated carbocycles. The Bertz CT molecular complexity index is 131. The van der Waals surface area contributed by atoms with Crippen molar-refractivity contribution in [2.75, 3.05) is 12.0 Å². The molecule has 0 aromatic heterocycles. The zero-order valence-corrected chi connectivity index (χ0v) is 9.20. The lowest BCUT2D eigenvalue weighted by Gasteiger charge is -2.24. The highest BCUT2D eigenvalue weighted by molar-refractivity contribution is 7.98. The second-order valence-electron chi connectivity index (χ2n) is 3.92. The van der Waals surface area contributed by atoms with Crippen molar-refractivity contribution in [2.45, 2.75) is 38.8 Å². The molecule has 1 N–H and O–H groups in total. The Morgan fingerprint density at radius 3 is 2.42 bits per heavy atom. The lowest BCUT2D eigenvalue weighted by molar-refractivity contribution is -0.110. The summed E-state index contributed by atoms with van der Waals surface area (Å²) in [5.74, 6) is 1.03. The largest absolute Gasteiger partial charge is 0.303 e. The van der Waals surface area contributed by atoms with E-state index in [1.54, 1.807) is 11.8 Å². The minimum Gasteiger partial charge on any atom is -0.303 e. The molecule has 12 heavy (non-hydrogen) atoms. The number of rotatable bonds is 5. The normalized spacial score (nSPS) is 14.3. The summed E-state index contributed by atoms with van der Waals surface area (Å²) in [6, 6.07) is 0.0115. The van der Waals surface area contributed by atoms with Crippen LogP contribution in [0.5, 0.6) is 0 Å². The van der Waals surface area contributed by atoms with Gasteiger partial charge in [-0.2, -0.15) is 11.8 Å². The molecule has 2 nitrogen and oxygen atoms in total. The number of aldehydes is 1. The predicted octanol–water partition coefficient (Wildman–Crippen LogP) is 1.70. The van der Waals surface area contributed by atoms with Crippen LogP contribution in [0.1, 0.15) is 27.2 Å². The maximum absolute atomic E-state index is 10.6. The van der Waals surface area contributed by atoms with E-state index in [0.29, 0.717) is 0 Å². The van der Waals surface area contributed by atoms with Gasteiger partial charge in [-0.15, -0.1) is 0 Å². The Labute approximate surface area is 79.5 Å². The van der Waals surface area contributed by atoms with E-state index in [0.717, 1.165) is 18.5 Å². The van der Waals surface area contributed by atoms with Gasteiger partial charge in [-0.25, -0.2) is 0 Å². The lowest BCUT2D eigenvalue weighted by atomic mass is 10.1. The van der Waals surface area contributed by atoms with Crippen molar-refractivity contribution in [3.63, 3.8) is 0 Å². The van der Waals surface area contributed by atoms with Gasteiger partial charge < -0.3 is 10.1 Å². The molecular formula is C9H19NOS. The van der Waals surface area contributed by atoms with Crippen molar-refractivity contribution < 1.29 is 4.79 Å². The second-order valence-corrected chi connectivity index (χ2v) is 4.90. The Hall–Kier alpha value is -0.0200. The van der Waals surface area contributed by atoms with E-state index < -0.39 is 0 Å². The molecule has 0 aliphatic rings. The summed E-state index contributed by atoms with van der Waals surface area (Å²) in [6.07, 6.45) is 3.97. The monoisotopic (exact) mass is 189 g/mol. The molecular weight excluding hydrogens is 170 g/mol. The van der Waals surface area contributed by atoms with Gasteiger partial charge in [0.05, 0.1) is 6.04 Å². The molecule has 0 aromatic carbocycles. The van der Waals surface area contributed by atoms with Crippen LogP contribution >= 0.6 is 11.8 Å². The highest BCUT2D eigenvalue weighted by Crippen LogP contribution is 2.05. The van der Waals surface area contributed by atoms with Gasteiger partial charge in [0.2, 0.25) is 0 Å². The molecule has 0 fully saturated rings. The van der Waals surface area contributed by atoms with E-state index in [-0.39, 0.29) is 11.6 Å². The first-order chi connectivity index (χ1) is 5.49. The summed E-state index contributed by atoms with van der Waals surface area (Å²) in [7, 11) is 0. The van der Waals surface area contributed by atoms with Crippen molar-refractivity contribution >= 4 is 18.0 Å². The van der Waals surface area contributed by atoms with Crippen LogP contribution in [0.3, 0.4) is 0 Å². The lowest BCUT2D eigenvalue weighted by Crippen LogP contribution is -2.44. The number of hydrogen-bond donors (Lipinski definition) is 1. The summed E-state index contributed by atoms with van der Waals surface area (Å²) >= 11 is 1.77. The first kappa shape index (κ1) is 12.0. The van der Waals surface area contributed by atoms with E-state index >= 15 is 0 Å². The summed E-state index contributed by atoms with van der Waals surface area (Å²) in [4.78, 5) is 10.6. The van der Waals surface area contributed by atoms with Crippen molar-refractivity contribution in [1.82, 2.24) is 5.32 Å². The van der Waals surface area contributed by atoms with Gasteiger partial charge in [0.1, 0.15) is 6.29 Å². The van der Waals surface area contributed by atoms with E-state index in [4.69, 9.17) is 0 Å². The van der Waals surface area contributed by atoms with Crippen LogP contribution in [0.25, 0.3) is 0 Å². The summed E-state index contributed by atoms with van der Waals surface area (Å²) in [5.41, 5.74) is 0.0317. The minimum absolute atomic E-state index is 0.0115. The molecule has 0 heterocycles. The molecule has 0 spiro atoms. The number of hydrogen-bond acceptors (Lipinski definition) is 3.